The van der Waals surface area contributed by atoms with Crippen molar-refractivity contribution >= 4 is 15.9 Å². The fraction of sp³-hybridized carbons (Fsp3) is 0.429. The number of sulfonamides is 1. The van der Waals surface area contributed by atoms with Crippen LogP contribution in [0, 0.1) is 0 Å². The lowest BCUT2D eigenvalue weighted by molar-refractivity contribution is -0.140. The van der Waals surface area contributed by atoms with Gasteiger partial charge in [0.15, 0.2) is 0 Å². The minimum atomic E-state index is -4.87. The van der Waals surface area contributed by atoms with E-state index in [4.69, 9.17) is 15.2 Å². The first-order valence-corrected chi connectivity index (χ1v) is 11.8. The Morgan fingerprint density at radius 1 is 1.29 bits per heavy atom. The first-order valence-electron chi connectivity index (χ1n) is 10.3. The number of aromatic nitrogens is 1. The smallest absolute Gasteiger partial charge is 0.431 e. The molecule has 0 aliphatic carbocycles. The third-order valence-electron chi connectivity index (χ3n) is 5.25. The molecule has 13 heteroatoms. The predicted octanol–water partition coefficient (Wildman–Crippen LogP) is 1.98. The fourth-order valence-corrected chi connectivity index (χ4v) is 4.71. The maximum absolute atomic E-state index is 13.4. The van der Waals surface area contributed by atoms with Crippen LogP contribution in [0.5, 0.6) is 5.75 Å². The van der Waals surface area contributed by atoms with E-state index in [0.29, 0.717) is 5.75 Å². The number of hydrogen-bond donors (Lipinski definition) is 2. The molecule has 34 heavy (non-hydrogen) atoms. The van der Waals surface area contributed by atoms with Crippen LogP contribution < -0.4 is 16.0 Å². The van der Waals surface area contributed by atoms with Crippen LogP contribution in [0.3, 0.4) is 0 Å². The van der Waals surface area contributed by atoms with Crippen LogP contribution in [0.25, 0.3) is 11.1 Å². The molecule has 1 aromatic carbocycles. The molecule has 1 saturated heterocycles. The lowest BCUT2D eigenvalue weighted by atomic mass is 10.0. The molecular weight excluding hydrogens is 479 g/mol. The van der Waals surface area contributed by atoms with Crippen LogP contribution in [0.1, 0.15) is 29.9 Å². The Morgan fingerprint density at radius 2 is 1.94 bits per heavy atom. The lowest BCUT2D eigenvalue weighted by Gasteiger charge is -2.33. The van der Waals surface area contributed by atoms with Crippen LogP contribution in [0.4, 0.5) is 13.2 Å². The van der Waals surface area contributed by atoms with Crippen molar-refractivity contribution in [2.24, 2.45) is 5.73 Å². The van der Waals surface area contributed by atoms with Crippen molar-refractivity contribution in [3.8, 4) is 16.9 Å². The fourth-order valence-electron chi connectivity index (χ4n) is 3.41. The molecule has 2 aromatic rings. The maximum Gasteiger partial charge on any atom is 0.431 e. The minimum Gasteiger partial charge on any atom is -0.491 e. The van der Waals surface area contributed by atoms with Crippen molar-refractivity contribution in [1.82, 2.24) is 9.29 Å². The topological polar surface area (TPSA) is 132 Å². The number of aromatic amines is 1. The number of nitrogens with two attached hydrogens (primary N) is 1. The van der Waals surface area contributed by atoms with Crippen LogP contribution in [0.2, 0.25) is 0 Å². The van der Waals surface area contributed by atoms with Crippen LogP contribution in [0.15, 0.2) is 35.1 Å². The highest BCUT2D eigenvalue weighted by Gasteiger charge is 2.36. The van der Waals surface area contributed by atoms with E-state index < -0.39 is 55.8 Å². The van der Waals surface area contributed by atoms with Crippen LogP contribution >= 0.6 is 0 Å². The monoisotopic (exact) mass is 503 g/mol. The Labute approximate surface area is 193 Å². The summed E-state index contributed by atoms with van der Waals surface area (Å²) in [4.78, 5) is 24.9. The molecule has 0 spiro atoms. The average Bonchev–Trinajstić information content (AvgIpc) is 2.77. The van der Waals surface area contributed by atoms with E-state index in [1.807, 2.05) is 0 Å². The van der Waals surface area contributed by atoms with Crippen molar-refractivity contribution < 1.29 is 35.9 Å². The Kier molecular flexibility index (Phi) is 7.38. The summed E-state index contributed by atoms with van der Waals surface area (Å²) in [5.74, 6) is -0.846. The number of morpholine rings is 1. The summed E-state index contributed by atoms with van der Waals surface area (Å²) in [6.07, 6.45) is -5.39. The van der Waals surface area contributed by atoms with Gasteiger partial charge in [-0.3, -0.25) is 9.59 Å². The summed E-state index contributed by atoms with van der Waals surface area (Å²) in [7, 11) is -3.43. The second-order valence-corrected chi connectivity index (χ2v) is 10.4. The number of H-pyrrole nitrogens is 1. The van der Waals surface area contributed by atoms with Gasteiger partial charge in [0.05, 0.1) is 11.9 Å². The predicted molar refractivity (Wildman–Crippen MR) is 117 cm³/mol. The molecule has 9 nitrogen and oxygen atoms in total. The van der Waals surface area contributed by atoms with E-state index in [2.05, 4.69) is 0 Å². The number of benzene rings is 1. The van der Waals surface area contributed by atoms with E-state index in [1.54, 1.807) is 18.8 Å². The van der Waals surface area contributed by atoms with Crippen LogP contribution in [-0.4, -0.2) is 61.3 Å². The first-order chi connectivity index (χ1) is 15.8. The van der Waals surface area contributed by atoms with E-state index >= 15 is 0 Å². The number of carbonyl (C=O) groups excluding carboxylic acids is 1. The number of halogens is 3. The zero-order valence-electron chi connectivity index (χ0n) is 18.4. The van der Waals surface area contributed by atoms with Gasteiger partial charge in [-0.25, -0.2) is 8.42 Å². The van der Waals surface area contributed by atoms with Crippen molar-refractivity contribution in [3.63, 3.8) is 0 Å². The van der Waals surface area contributed by atoms with Gasteiger partial charge in [-0.1, -0.05) is 12.1 Å². The van der Waals surface area contributed by atoms with Gasteiger partial charge < -0.3 is 20.2 Å². The Morgan fingerprint density at radius 3 is 2.50 bits per heavy atom. The summed E-state index contributed by atoms with van der Waals surface area (Å²) < 4.78 is 77.6. The van der Waals surface area contributed by atoms with Gasteiger partial charge in [0.2, 0.25) is 10.0 Å². The molecule has 0 bridgehead atoms. The highest BCUT2D eigenvalue weighted by molar-refractivity contribution is 7.89. The summed E-state index contributed by atoms with van der Waals surface area (Å²) in [5, 5.41) is -0.565. The third-order valence-corrected chi connectivity index (χ3v) is 7.49. The molecule has 0 radical (unpaired) electrons. The summed E-state index contributed by atoms with van der Waals surface area (Å²) in [5.41, 5.74) is 1.61. The van der Waals surface area contributed by atoms with Gasteiger partial charge in [0.1, 0.15) is 29.7 Å². The SMILES string of the molecule is CC(C)S(=O)(=O)N1CCOC(COc2ccc(-c3cc(C(N)=O)c(=O)[nH]c3C(F)(F)F)cc2)C1. The number of nitrogens with one attached hydrogen (secondary N) is 1. The molecule has 3 rings (SSSR count). The second-order valence-electron chi connectivity index (χ2n) is 7.94. The summed E-state index contributed by atoms with van der Waals surface area (Å²) in [6, 6.07) is 6.30. The zero-order chi connectivity index (χ0) is 25.3. The Balaban J connectivity index is 1.77. The molecule has 0 saturated carbocycles. The molecule has 1 atom stereocenters. The molecule has 3 N–H and O–H groups in total. The molecule has 186 valence electrons. The summed E-state index contributed by atoms with van der Waals surface area (Å²) >= 11 is 0. The van der Waals surface area contributed by atoms with Crippen LogP contribution in [-0.2, 0) is 20.9 Å². The minimum absolute atomic E-state index is 0.0295. The van der Waals surface area contributed by atoms with E-state index in [-0.39, 0.29) is 31.9 Å². The van der Waals surface area contributed by atoms with Gasteiger partial charge >= 0.3 is 6.18 Å². The molecule has 1 unspecified atom stereocenters. The number of nitrogens with zero attached hydrogens (tertiary/aromatic N) is 1. The van der Waals surface area contributed by atoms with E-state index in [1.165, 1.54) is 28.6 Å². The molecule has 1 amide bonds. The highest BCUT2D eigenvalue weighted by Crippen LogP contribution is 2.35. The largest absolute Gasteiger partial charge is 0.491 e. The molecule has 1 aliphatic heterocycles. The Bertz CT molecular complexity index is 1210. The number of primary amides is 1. The molecular formula is C21H24F3N3O6S. The van der Waals surface area contributed by atoms with Crippen molar-refractivity contribution in [2.75, 3.05) is 26.3 Å². The van der Waals surface area contributed by atoms with Crippen molar-refractivity contribution in [3.05, 3.63) is 51.9 Å². The number of carbonyl (C=O) groups is 1. The number of pyridine rings is 1. The van der Waals surface area contributed by atoms with Gasteiger partial charge in [0.25, 0.3) is 11.5 Å². The molecule has 1 fully saturated rings. The summed E-state index contributed by atoms with van der Waals surface area (Å²) in [6.45, 7) is 3.81. The van der Waals surface area contributed by atoms with Crippen molar-refractivity contribution in [1.29, 1.82) is 0 Å². The van der Waals surface area contributed by atoms with E-state index in [0.717, 1.165) is 6.07 Å². The standard InChI is InChI=1S/C21H24F3N3O6S/c1-12(2)34(30,31)27-7-8-32-15(10-27)11-33-14-5-3-13(4-6-14)16-9-17(19(25)28)20(29)26-18(16)21(22,23)24/h3-6,9,12,15H,7-8,10-11H2,1-2H3,(H2,25,28)(H,26,29). The lowest BCUT2D eigenvalue weighted by Crippen LogP contribution is -2.49. The van der Waals surface area contributed by atoms with Gasteiger partial charge in [-0.15, -0.1) is 0 Å². The quantitative estimate of drug-likeness (QED) is 0.594. The molecule has 1 aromatic heterocycles. The number of hydrogen-bond acceptors (Lipinski definition) is 6. The van der Waals surface area contributed by atoms with Crippen molar-refractivity contribution in [2.45, 2.75) is 31.4 Å². The molecule has 1 aliphatic rings. The number of ether oxygens (including phenoxy) is 2. The molecule has 2 heterocycles. The normalized spacial score (nSPS) is 17.6. The Hall–Kier alpha value is -2.90. The maximum atomic E-state index is 13.4. The zero-order valence-corrected chi connectivity index (χ0v) is 19.2. The highest BCUT2D eigenvalue weighted by atomic mass is 32.2. The average molecular weight is 503 g/mol. The third kappa shape index (κ3) is 5.59. The number of amides is 1. The van der Waals surface area contributed by atoms with Gasteiger partial charge in [-0.05, 0) is 37.6 Å². The number of rotatable bonds is 7. The van der Waals surface area contributed by atoms with E-state index in [9.17, 15) is 31.2 Å². The van der Waals surface area contributed by atoms with Gasteiger partial charge in [0, 0.05) is 18.7 Å². The first kappa shape index (κ1) is 25.7. The second kappa shape index (κ2) is 9.76. The van der Waals surface area contributed by atoms with Gasteiger partial charge in [-0.2, -0.15) is 17.5 Å². The number of alkyl halides is 3.